The van der Waals surface area contributed by atoms with Crippen molar-refractivity contribution in [2.24, 2.45) is 0 Å². The highest BCUT2D eigenvalue weighted by molar-refractivity contribution is 5.95. The van der Waals surface area contributed by atoms with Gasteiger partial charge in [-0.15, -0.1) is 0 Å². The molecule has 0 amide bonds. The van der Waals surface area contributed by atoms with Crippen molar-refractivity contribution in [3.05, 3.63) is 29.8 Å². The monoisotopic (exact) mass is 364 g/mol. The molecule has 0 N–H and O–H groups in total. The molecular formula is C20H28O6. The molecule has 0 saturated carbocycles. The molecule has 0 bridgehead atoms. The van der Waals surface area contributed by atoms with Crippen molar-refractivity contribution in [1.82, 2.24) is 0 Å². The Bertz CT molecular complexity index is 548. The molecule has 144 valence electrons. The predicted octanol–water partition coefficient (Wildman–Crippen LogP) is 3.06. The van der Waals surface area contributed by atoms with Crippen molar-refractivity contribution >= 4 is 11.8 Å². The van der Waals surface area contributed by atoms with Crippen molar-refractivity contribution in [3.63, 3.8) is 0 Å². The summed E-state index contributed by atoms with van der Waals surface area (Å²) in [5, 5.41) is 0. The van der Waals surface area contributed by atoms with Crippen LogP contribution in [0.1, 0.15) is 44.6 Å². The lowest BCUT2D eigenvalue weighted by atomic mass is 10.1. The van der Waals surface area contributed by atoms with E-state index in [1.807, 2.05) is 24.3 Å². The van der Waals surface area contributed by atoms with Crippen LogP contribution in [0.25, 0.3) is 0 Å². The normalized spacial score (nSPS) is 16.9. The van der Waals surface area contributed by atoms with Crippen molar-refractivity contribution in [2.45, 2.75) is 51.7 Å². The Hall–Kier alpha value is -1.92. The van der Waals surface area contributed by atoms with Crippen LogP contribution in [0.3, 0.4) is 0 Å². The summed E-state index contributed by atoms with van der Waals surface area (Å²) >= 11 is 0. The first-order chi connectivity index (χ1) is 12.7. The second-order valence-corrected chi connectivity index (χ2v) is 6.20. The number of carbonyl (C=O) groups excluding carboxylic acids is 2. The van der Waals surface area contributed by atoms with Gasteiger partial charge in [0.05, 0.1) is 6.61 Å². The van der Waals surface area contributed by atoms with E-state index >= 15 is 0 Å². The van der Waals surface area contributed by atoms with Gasteiger partial charge in [-0.05, 0) is 43.4 Å². The molecule has 1 atom stereocenters. The number of esters is 1. The average Bonchev–Trinajstić information content (AvgIpc) is 2.67. The Labute approximate surface area is 154 Å². The average molecular weight is 364 g/mol. The van der Waals surface area contributed by atoms with E-state index in [1.165, 1.54) is 6.42 Å². The highest BCUT2D eigenvalue weighted by atomic mass is 16.7. The molecule has 1 aliphatic heterocycles. The van der Waals surface area contributed by atoms with E-state index in [2.05, 4.69) is 0 Å². The molecule has 1 heterocycles. The Morgan fingerprint density at radius 2 is 1.92 bits per heavy atom. The molecule has 0 radical (unpaired) electrons. The van der Waals surface area contributed by atoms with Crippen LogP contribution < -0.4 is 4.74 Å². The lowest BCUT2D eigenvalue weighted by molar-refractivity contribution is -0.161. The fourth-order valence-electron chi connectivity index (χ4n) is 2.56. The lowest BCUT2D eigenvalue weighted by Crippen LogP contribution is -2.23. The van der Waals surface area contributed by atoms with E-state index in [9.17, 15) is 9.59 Å². The fourth-order valence-corrected chi connectivity index (χ4v) is 2.56. The standard InChI is InChI=1S/C20H28O6/c1-2-17(21)15-19(22)24-14-13-23-18-8-6-16(7-9-18)10-12-26-20-5-3-4-11-25-20/h6-9,20H,2-5,10-15H2,1H3. The molecule has 0 aliphatic carbocycles. The van der Waals surface area contributed by atoms with Crippen LogP contribution >= 0.6 is 0 Å². The molecule has 1 fully saturated rings. The fraction of sp³-hybridized carbons (Fsp3) is 0.600. The second-order valence-electron chi connectivity index (χ2n) is 6.20. The number of ether oxygens (including phenoxy) is 4. The molecule has 1 saturated heterocycles. The number of carbonyl (C=O) groups is 2. The summed E-state index contributed by atoms with van der Waals surface area (Å²) in [7, 11) is 0. The van der Waals surface area contributed by atoms with Gasteiger partial charge in [0, 0.05) is 13.0 Å². The van der Waals surface area contributed by atoms with E-state index in [0.717, 1.165) is 31.4 Å². The predicted molar refractivity (Wildman–Crippen MR) is 96.1 cm³/mol. The zero-order chi connectivity index (χ0) is 18.6. The van der Waals surface area contributed by atoms with Crippen LogP contribution in [0.4, 0.5) is 0 Å². The van der Waals surface area contributed by atoms with Gasteiger partial charge in [0.2, 0.25) is 0 Å². The number of Topliss-reactive ketones (excluding diaryl/α,β-unsaturated/α-hetero) is 1. The molecular weight excluding hydrogens is 336 g/mol. The van der Waals surface area contributed by atoms with E-state index < -0.39 is 5.97 Å². The third-order valence-corrected chi connectivity index (χ3v) is 4.11. The maximum Gasteiger partial charge on any atom is 0.313 e. The minimum absolute atomic E-state index is 0.0540. The van der Waals surface area contributed by atoms with E-state index in [1.54, 1.807) is 6.92 Å². The topological polar surface area (TPSA) is 71.1 Å². The van der Waals surface area contributed by atoms with Crippen molar-refractivity contribution in [1.29, 1.82) is 0 Å². The SMILES string of the molecule is CCC(=O)CC(=O)OCCOc1ccc(CCOC2CCCCO2)cc1. The highest BCUT2D eigenvalue weighted by Crippen LogP contribution is 2.15. The van der Waals surface area contributed by atoms with Gasteiger partial charge in [0.15, 0.2) is 6.29 Å². The smallest absolute Gasteiger partial charge is 0.313 e. The molecule has 6 heteroatoms. The van der Waals surface area contributed by atoms with Crippen molar-refractivity contribution in [2.75, 3.05) is 26.4 Å². The van der Waals surface area contributed by atoms with Gasteiger partial charge in [-0.3, -0.25) is 9.59 Å². The number of benzene rings is 1. The van der Waals surface area contributed by atoms with Crippen LogP contribution in [0.2, 0.25) is 0 Å². The first kappa shape index (κ1) is 20.4. The minimum atomic E-state index is -0.502. The first-order valence-corrected chi connectivity index (χ1v) is 9.29. The molecule has 0 aromatic heterocycles. The number of rotatable bonds is 11. The van der Waals surface area contributed by atoms with Crippen molar-refractivity contribution in [3.8, 4) is 5.75 Å². The maximum atomic E-state index is 11.4. The van der Waals surface area contributed by atoms with Gasteiger partial charge in [-0.25, -0.2) is 0 Å². The quantitative estimate of drug-likeness (QED) is 0.341. The Morgan fingerprint density at radius 3 is 2.62 bits per heavy atom. The zero-order valence-electron chi connectivity index (χ0n) is 15.4. The third-order valence-electron chi connectivity index (χ3n) is 4.11. The maximum absolute atomic E-state index is 11.4. The molecule has 1 aliphatic rings. The Balaban J connectivity index is 1.58. The summed E-state index contributed by atoms with van der Waals surface area (Å²) in [5.41, 5.74) is 1.16. The summed E-state index contributed by atoms with van der Waals surface area (Å²) in [6, 6.07) is 7.75. The van der Waals surface area contributed by atoms with Gasteiger partial charge in [-0.1, -0.05) is 19.1 Å². The van der Waals surface area contributed by atoms with Gasteiger partial charge >= 0.3 is 5.97 Å². The second kappa shape index (κ2) is 11.6. The van der Waals surface area contributed by atoms with Crippen molar-refractivity contribution < 1.29 is 28.5 Å². The summed E-state index contributed by atoms with van der Waals surface area (Å²) in [6.07, 6.45) is 4.21. The van der Waals surface area contributed by atoms with Gasteiger partial charge in [0.25, 0.3) is 0 Å². The summed E-state index contributed by atoms with van der Waals surface area (Å²) in [5.74, 6) is 0.0919. The molecule has 26 heavy (non-hydrogen) atoms. The number of hydrogen-bond donors (Lipinski definition) is 0. The molecule has 2 rings (SSSR count). The van der Waals surface area contributed by atoms with E-state index in [4.69, 9.17) is 18.9 Å². The molecule has 1 unspecified atom stereocenters. The first-order valence-electron chi connectivity index (χ1n) is 9.29. The van der Waals surface area contributed by atoms with E-state index in [0.29, 0.717) is 18.8 Å². The van der Waals surface area contributed by atoms with Crippen LogP contribution in [0.5, 0.6) is 5.75 Å². The number of hydrogen-bond acceptors (Lipinski definition) is 6. The summed E-state index contributed by atoms with van der Waals surface area (Å²) in [4.78, 5) is 22.5. The largest absolute Gasteiger partial charge is 0.490 e. The molecule has 6 nitrogen and oxygen atoms in total. The van der Waals surface area contributed by atoms with Crippen LogP contribution in [-0.2, 0) is 30.2 Å². The molecule has 1 aromatic rings. The van der Waals surface area contributed by atoms with Crippen LogP contribution in [0, 0.1) is 0 Å². The molecule has 1 aromatic carbocycles. The Morgan fingerprint density at radius 1 is 1.12 bits per heavy atom. The van der Waals surface area contributed by atoms with Gasteiger partial charge in [-0.2, -0.15) is 0 Å². The van der Waals surface area contributed by atoms with Crippen LogP contribution in [-0.4, -0.2) is 44.5 Å². The minimum Gasteiger partial charge on any atom is -0.490 e. The van der Waals surface area contributed by atoms with Gasteiger partial charge in [0.1, 0.15) is 31.2 Å². The Kier molecular flexibility index (Phi) is 9.14. The molecule has 0 spiro atoms. The zero-order valence-corrected chi connectivity index (χ0v) is 15.4. The number of ketones is 1. The van der Waals surface area contributed by atoms with Gasteiger partial charge < -0.3 is 18.9 Å². The summed E-state index contributed by atoms with van der Waals surface area (Å²) in [6.45, 7) is 3.54. The lowest BCUT2D eigenvalue weighted by Gasteiger charge is -2.22. The van der Waals surface area contributed by atoms with E-state index in [-0.39, 0.29) is 31.7 Å². The third kappa shape index (κ3) is 7.97. The summed E-state index contributed by atoms with van der Waals surface area (Å²) < 4.78 is 21.8. The highest BCUT2D eigenvalue weighted by Gasteiger charge is 2.13. The van der Waals surface area contributed by atoms with Crippen LogP contribution in [0.15, 0.2) is 24.3 Å².